The number of hydrogen-bond acceptors (Lipinski definition) is 4. The van der Waals surface area contributed by atoms with Crippen molar-refractivity contribution in [1.29, 1.82) is 0 Å². The van der Waals surface area contributed by atoms with Gasteiger partial charge in [0.05, 0.1) is 33.1 Å². The number of amides is 1. The van der Waals surface area contributed by atoms with Crippen LogP contribution in [0.2, 0.25) is 10.0 Å². The molecule has 0 bridgehead atoms. The molecule has 1 amide bonds. The Morgan fingerprint density at radius 3 is 2.58 bits per heavy atom. The standard InChI is InChI=1S/C19H12Cl2N2O2S/c20-14-7-2-1-6-13(14)18(24)23(11-12-5-4-10-25-12)19-22-17-15(21)8-3-9-16(17)26-19/h1-10H,11H2. The van der Waals surface area contributed by atoms with Crippen LogP contribution in [0.4, 0.5) is 5.13 Å². The lowest BCUT2D eigenvalue weighted by Gasteiger charge is -2.19. The van der Waals surface area contributed by atoms with Crippen LogP contribution in [0.3, 0.4) is 0 Å². The predicted octanol–water partition coefficient (Wildman–Crippen LogP) is 6.04. The van der Waals surface area contributed by atoms with Gasteiger partial charge < -0.3 is 4.42 Å². The largest absolute Gasteiger partial charge is 0.467 e. The smallest absolute Gasteiger partial charge is 0.262 e. The molecule has 130 valence electrons. The van der Waals surface area contributed by atoms with Crippen LogP contribution in [-0.4, -0.2) is 10.9 Å². The normalized spacial score (nSPS) is 11.0. The van der Waals surface area contributed by atoms with Crippen molar-refractivity contribution in [2.75, 3.05) is 4.90 Å². The van der Waals surface area contributed by atoms with Crippen LogP contribution in [0.5, 0.6) is 0 Å². The highest BCUT2D eigenvalue weighted by molar-refractivity contribution is 7.22. The Balaban J connectivity index is 1.80. The fraction of sp³-hybridized carbons (Fsp3) is 0.0526. The first-order valence-electron chi connectivity index (χ1n) is 7.77. The fourth-order valence-corrected chi connectivity index (χ4v) is 4.06. The number of aromatic nitrogens is 1. The summed E-state index contributed by atoms with van der Waals surface area (Å²) in [6.45, 7) is 0.245. The van der Waals surface area contributed by atoms with E-state index in [1.807, 2.05) is 18.2 Å². The van der Waals surface area contributed by atoms with Gasteiger partial charge in [0, 0.05) is 0 Å². The first-order valence-corrected chi connectivity index (χ1v) is 9.34. The lowest BCUT2D eigenvalue weighted by molar-refractivity contribution is 0.0983. The van der Waals surface area contributed by atoms with Crippen molar-refractivity contribution in [3.63, 3.8) is 0 Å². The zero-order chi connectivity index (χ0) is 18.1. The highest BCUT2D eigenvalue weighted by Crippen LogP contribution is 2.34. The number of carbonyl (C=O) groups is 1. The SMILES string of the molecule is O=C(c1ccccc1Cl)N(Cc1ccco1)c1nc2c(Cl)cccc2s1. The minimum Gasteiger partial charge on any atom is -0.467 e. The second-order valence-electron chi connectivity index (χ2n) is 5.53. The number of hydrogen-bond donors (Lipinski definition) is 0. The van der Waals surface area contributed by atoms with E-state index in [0.29, 0.717) is 32.0 Å². The Kier molecular flexibility index (Phi) is 4.68. The average Bonchev–Trinajstić information content (AvgIpc) is 3.29. The van der Waals surface area contributed by atoms with Gasteiger partial charge in [-0.3, -0.25) is 9.69 Å². The second kappa shape index (κ2) is 7.11. The van der Waals surface area contributed by atoms with Gasteiger partial charge in [-0.05, 0) is 36.4 Å². The quantitative estimate of drug-likeness (QED) is 0.417. The molecule has 2 aromatic heterocycles. The molecule has 26 heavy (non-hydrogen) atoms. The van der Waals surface area contributed by atoms with E-state index in [1.165, 1.54) is 11.3 Å². The molecular weight excluding hydrogens is 391 g/mol. The van der Waals surface area contributed by atoms with Crippen LogP contribution in [0, 0.1) is 0 Å². The summed E-state index contributed by atoms with van der Waals surface area (Å²) in [7, 11) is 0. The highest BCUT2D eigenvalue weighted by Gasteiger charge is 2.24. The summed E-state index contributed by atoms with van der Waals surface area (Å²) in [5, 5.41) is 1.48. The first-order chi connectivity index (χ1) is 12.6. The Labute approximate surface area is 163 Å². The van der Waals surface area contributed by atoms with Gasteiger partial charge in [-0.2, -0.15) is 0 Å². The molecule has 0 aliphatic rings. The number of para-hydroxylation sites is 1. The molecule has 0 fully saturated rings. The predicted molar refractivity (Wildman–Crippen MR) is 105 cm³/mol. The van der Waals surface area contributed by atoms with Crippen LogP contribution >= 0.6 is 34.5 Å². The molecule has 0 atom stereocenters. The van der Waals surface area contributed by atoms with Crippen molar-refractivity contribution in [3.8, 4) is 0 Å². The molecule has 4 rings (SSSR count). The number of carbonyl (C=O) groups excluding carboxylic acids is 1. The van der Waals surface area contributed by atoms with Crippen molar-refractivity contribution >= 4 is 55.8 Å². The van der Waals surface area contributed by atoms with Gasteiger partial charge in [0.2, 0.25) is 0 Å². The van der Waals surface area contributed by atoms with E-state index in [9.17, 15) is 4.79 Å². The van der Waals surface area contributed by atoms with Crippen molar-refractivity contribution in [2.24, 2.45) is 0 Å². The average molecular weight is 403 g/mol. The minimum atomic E-state index is -0.248. The van der Waals surface area contributed by atoms with Gasteiger partial charge in [0.1, 0.15) is 11.3 Å². The maximum absolute atomic E-state index is 13.2. The molecule has 4 nitrogen and oxygen atoms in total. The van der Waals surface area contributed by atoms with Crippen LogP contribution < -0.4 is 4.90 Å². The number of rotatable bonds is 4. The monoisotopic (exact) mass is 402 g/mol. The van der Waals surface area contributed by atoms with Gasteiger partial charge >= 0.3 is 0 Å². The molecule has 0 aliphatic heterocycles. The van der Waals surface area contributed by atoms with Gasteiger partial charge in [-0.15, -0.1) is 0 Å². The molecule has 0 unspecified atom stereocenters. The summed E-state index contributed by atoms with van der Waals surface area (Å²) < 4.78 is 6.33. The number of fused-ring (bicyclic) bond motifs is 1. The molecule has 0 aliphatic carbocycles. The molecular formula is C19H12Cl2N2O2S. The third-order valence-corrected chi connectivity index (χ3v) is 5.51. The third-order valence-electron chi connectivity index (χ3n) is 3.83. The molecule has 0 saturated heterocycles. The molecule has 7 heteroatoms. The van der Waals surface area contributed by atoms with E-state index in [-0.39, 0.29) is 12.5 Å². The number of halogens is 2. The van der Waals surface area contributed by atoms with Crippen LogP contribution in [-0.2, 0) is 6.54 Å². The number of thiazole rings is 1. The number of anilines is 1. The first kappa shape index (κ1) is 17.1. The van der Waals surface area contributed by atoms with Gasteiger partial charge in [-0.25, -0.2) is 4.98 Å². The van der Waals surface area contributed by atoms with E-state index in [0.717, 1.165) is 4.70 Å². The van der Waals surface area contributed by atoms with Crippen molar-refractivity contribution < 1.29 is 9.21 Å². The minimum absolute atomic E-state index is 0.245. The Hall–Kier alpha value is -2.34. The topological polar surface area (TPSA) is 46.3 Å². The lowest BCUT2D eigenvalue weighted by atomic mass is 10.2. The lowest BCUT2D eigenvalue weighted by Crippen LogP contribution is -2.30. The molecule has 2 aromatic carbocycles. The second-order valence-corrected chi connectivity index (χ2v) is 7.36. The van der Waals surface area contributed by atoms with E-state index < -0.39 is 0 Å². The van der Waals surface area contributed by atoms with Gasteiger partial charge in [0.25, 0.3) is 5.91 Å². The number of nitrogens with zero attached hydrogens (tertiary/aromatic N) is 2. The maximum Gasteiger partial charge on any atom is 0.262 e. The Morgan fingerprint density at radius 2 is 1.85 bits per heavy atom. The third kappa shape index (κ3) is 3.21. The van der Waals surface area contributed by atoms with Crippen LogP contribution in [0.25, 0.3) is 10.2 Å². The molecule has 0 saturated carbocycles. The van der Waals surface area contributed by atoms with Crippen molar-refractivity contribution in [2.45, 2.75) is 6.54 Å². The molecule has 2 heterocycles. The van der Waals surface area contributed by atoms with E-state index in [4.69, 9.17) is 27.6 Å². The van der Waals surface area contributed by atoms with Crippen LogP contribution in [0.15, 0.2) is 65.3 Å². The summed E-state index contributed by atoms with van der Waals surface area (Å²) in [5.74, 6) is 0.401. The number of furan rings is 1. The zero-order valence-electron chi connectivity index (χ0n) is 13.4. The molecule has 0 radical (unpaired) electrons. The Bertz CT molecular complexity index is 1080. The van der Waals surface area contributed by atoms with Crippen molar-refractivity contribution in [1.82, 2.24) is 4.98 Å². The fourth-order valence-electron chi connectivity index (χ4n) is 2.58. The van der Waals surface area contributed by atoms with Gasteiger partial charge in [0.15, 0.2) is 5.13 Å². The van der Waals surface area contributed by atoms with E-state index in [2.05, 4.69) is 4.98 Å². The summed E-state index contributed by atoms with van der Waals surface area (Å²) >= 11 is 13.9. The Morgan fingerprint density at radius 1 is 1.04 bits per heavy atom. The summed E-state index contributed by atoms with van der Waals surface area (Å²) in [4.78, 5) is 19.3. The van der Waals surface area contributed by atoms with E-state index in [1.54, 1.807) is 47.6 Å². The van der Waals surface area contributed by atoms with Crippen molar-refractivity contribution in [3.05, 3.63) is 82.2 Å². The van der Waals surface area contributed by atoms with Crippen LogP contribution in [0.1, 0.15) is 16.1 Å². The summed E-state index contributed by atoms with van der Waals surface area (Å²) in [6.07, 6.45) is 1.57. The summed E-state index contributed by atoms with van der Waals surface area (Å²) in [5.41, 5.74) is 1.08. The molecule has 4 aromatic rings. The van der Waals surface area contributed by atoms with E-state index >= 15 is 0 Å². The summed E-state index contributed by atoms with van der Waals surface area (Å²) in [6, 6.07) is 16.1. The number of benzene rings is 2. The highest BCUT2D eigenvalue weighted by atomic mass is 35.5. The molecule has 0 N–H and O–H groups in total. The van der Waals surface area contributed by atoms with Gasteiger partial charge in [-0.1, -0.05) is 52.7 Å². The molecule has 0 spiro atoms. The maximum atomic E-state index is 13.2. The zero-order valence-corrected chi connectivity index (χ0v) is 15.7.